The number of rotatable bonds is 7. The summed E-state index contributed by atoms with van der Waals surface area (Å²) < 4.78 is 10.9. The van der Waals surface area contributed by atoms with Crippen LogP contribution in [0.5, 0.6) is 11.5 Å². The van der Waals surface area contributed by atoms with Crippen LogP contribution in [0.1, 0.15) is 64.9 Å². The molecule has 0 spiro atoms. The standard InChI is InChI=1S/C25H30N2O4S/c1-27-23(21-10-7-13-32-21)22(24(28)26-12-11-16-8-5-4-6-9-16)17-14-19(30-2)20(31-3)15-18(17)25(27)29/h7-8,10,13-15,22-23H,4-6,9,11-12H2,1-3H3,(H,26,28)/t22-,23-/m1/s1. The van der Waals surface area contributed by atoms with Gasteiger partial charge in [0.2, 0.25) is 5.91 Å². The summed E-state index contributed by atoms with van der Waals surface area (Å²) in [5.41, 5.74) is 2.58. The number of amides is 2. The van der Waals surface area contributed by atoms with Gasteiger partial charge in [-0.3, -0.25) is 9.59 Å². The molecule has 1 aromatic carbocycles. The van der Waals surface area contributed by atoms with Gasteiger partial charge in [0.1, 0.15) is 0 Å². The number of nitrogens with one attached hydrogen (secondary N) is 1. The first kappa shape index (κ1) is 22.4. The van der Waals surface area contributed by atoms with Crippen LogP contribution in [0.25, 0.3) is 0 Å². The molecule has 0 fully saturated rings. The van der Waals surface area contributed by atoms with Gasteiger partial charge in [-0.2, -0.15) is 0 Å². The molecule has 2 atom stereocenters. The van der Waals surface area contributed by atoms with E-state index in [0.717, 1.165) is 24.1 Å². The minimum atomic E-state index is -0.536. The second kappa shape index (κ2) is 9.77. The van der Waals surface area contributed by atoms with E-state index < -0.39 is 5.92 Å². The van der Waals surface area contributed by atoms with Gasteiger partial charge in [0.15, 0.2) is 11.5 Å². The van der Waals surface area contributed by atoms with Crippen molar-refractivity contribution in [2.45, 2.75) is 44.1 Å². The average Bonchev–Trinajstić information content (AvgIpc) is 3.35. The molecule has 4 rings (SSSR count). The molecule has 6 nitrogen and oxygen atoms in total. The number of nitrogens with zero attached hydrogens (tertiary/aromatic N) is 1. The second-order valence-electron chi connectivity index (χ2n) is 8.30. The predicted octanol–water partition coefficient (Wildman–Crippen LogP) is 4.68. The average molecular weight is 455 g/mol. The van der Waals surface area contributed by atoms with E-state index in [9.17, 15) is 9.59 Å². The van der Waals surface area contributed by atoms with E-state index in [-0.39, 0.29) is 17.9 Å². The molecule has 1 N–H and O–H groups in total. The Hall–Kier alpha value is -2.80. The Morgan fingerprint density at radius 3 is 2.66 bits per heavy atom. The van der Waals surface area contributed by atoms with Crippen LogP contribution < -0.4 is 14.8 Å². The van der Waals surface area contributed by atoms with Gasteiger partial charge in [-0.15, -0.1) is 11.3 Å². The zero-order valence-electron chi connectivity index (χ0n) is 18.8. The lowest BCUT2D eigenvalue weighted by Crippen LogP contribution is -2.45. The van der Waals surface area contributed by atoms with Gasteiger partial charge < -0.3 is 19.7 Å². The van der Waals surface area contributed by atoms with E-state index >= 15 is 0 Å². The fourth-order valence-corrected chi connectivity index (χ4v) is 5.64. The third-order valence-electron chi connectivity index (χ3n) is 6.42. The van der Waals surface area contributed by atoms with Gasteiger partial charge in [0.05, 0.1) is 26.2 Å². The van der Waals surface area contributed by atoms with Crippen LogP contribution >= 0.6 is 11.3 Å². The summed E-state index contributed by atoms with van der Waals surface area (Å²) in [6, 6.07) is 7.03. The van der Waals surface area contributed by atoms with Crippen LogP contribution in [0.15, 0.2) is 41.3 Å². The van der Waals surface area contributed by atoms with E-state index in [1.807, 2.05) is 17.5 Å². The number of thiophene rings is 1. The zero-order valence-corrected chi connectivity index (χ0v) is 19.7. The number of methoxy groups -OCH3 is 2. The van der Waals surface area contributed by atoms with Crippen molar-refractivity contribution in [2.24, 2.45) is 0 Å². The molecule has 2 aromatic rings. The van der Waals surface area contributed by atoms with Crippen LogP contribution in [-0.4, -0.2) is 44.5 Å². The van der Waals surface area contributed by atoms with E-state index in [1.54, 1.807) is 49.6 Å². The van der Waals surface area contributed by atoms with Crippen LogP contribution in [-0.2, 0) is 4.79 Å². The van der Waals surface area contributed by atoms with Crippen molar-refractivity contribution in [3.63, 3.8) is 0 Å². The highest BCUT2D eigenvalue weighted by Crippen LogP contribution is 2.46. The van der Waals surface area contributed by atoms with Crippen molar-refractivity contribution in [2.75, 3.05) is 27.8 Å². The molecule has 0 bridgehead atoms. The molecular formula is C25H30N2O4S. The van der Waals surface area contributed by atoms with Crippen molar-refractivity contribution >= 4 is 23.2 Å². The van der Waals surface area contributed by atoms with Crippen molar-refractivity contribution < 1.29 is 19.1 Å². The van der Waals surface area contributed by atoms with Crippen molar-refractivity contribution in [1.82, 2.24) is 10.2 Å². The Morgan fingerprint density at radius 1 is 1.22 bits per heavy atom. The molecule has 170 valence electrons. The normalized spacial score (nSPS) is 20.4. The fraction of sp³-hybridized carbons (Fsp3) is 0.440. The molecule has 0 unspecified atom stereocenters. The summed E-state index contributed by atoms with van der Waals surface area (Å²) in [4.78, 5) is 29.5. The van der Waals surface area contributed by atoms with Crippen LogP contribution in [0.2, 0.25) is 0 Å². The molecule has 0 saturated carbocycles. The van der Waals surface area contributed by atoms with Gasteiger partial charge in [-0.1, -0.05) is 17.7 Å². The van der Waals surface area contributed by atoms with Crippen LogP contribution in [0.4, 0.5) is 0 Å². The Balaban J connectivity index is 1.69. The monoisotopic (exact) mass is 454 g/mol. The van der Waals surface area contributed by atoms with Gasteiger partial charge in [-0.25, -0.2) is 0 Å². The minimum absolute atomic E-state index is 0.0763. The molecule has 2 heterocycles. The molecule has 1 aliphatic heterocycles. The lowest BCUT2D eigenvalue weighted by atomic mass is 9.81. The number of carbonyl (C=O) groups is 2. The number of benzene rings is 1. The summed E-state index contributed by atoms with van der Waals surface area (Å²) in [5.74, 6) is 0.250. The van der Waals surface area contributed by atoms with Crippen molar-refractivity contribution in [1.29, 1.82) is 0 Å². The number of carbonyl (C=O) groups excluding carboxylic acids is 2. The topological polar surface area (TPSA) is 67.9 Å². The molecule has 2 aliphatic rings. The number of likely N-dealkylation sites (N-methyl/N-ethyl adjacent to an activating group) is 1. The van der Waals surface area contributed by atoms with E-state index in [1.165, 1.54) is 18.4 Å². The van der Waals surface area contributed by atoms with Crippen LogP contribution in [0, 0.1) is 0 Å². The molecule has 0 saturated heterocycles. The zero-order chi connectivity index (χ0) is 22.7. The quantitative estimate of drug-likeness (QED) is 0.617. The summed E-state index contributed by atoms with van der Waals surface area (Å²) in [5, 5.41) is 5.12. The fourth-order valence-electron chi connectivity index (χ4n) is 4.73. The summed E-state index contributed by atoms with van der Waals surface area (Å²) in [7, 11) is 4.87. The van der Waals surface area contributed by atoms with Gasteiger partial charge >= 0.3 is 0 Å². The third kappa shape index (κ3) is 4.26. The largest absolute Gasteiger partial charge is 0.493 e. The van der Waals surface area contributed by atoms with E-state index in [4.69, 9.17) is 9.47 Å². The Bertz CT molecular complexity index is 1020. The first-order valence-corrected chi connectivity index (χ1v) is 11.9. The van der Waals surface area contributed by atoms with Crippen LogP contribution in [0.3, 0.4) is 0 Å². The Morgan fingerprint density at radius 2 is 2.00 bits per heavy atom. The number of allylic oxidation sites excluding steroid dienone is 1. The minimum Gasteiger partial charge on any atom is -0.493 e. The summed E-state index contributed by atoms with van der Waals surface area (Å²) in [6.45, 7) is 0.596. The maximum absolute atomic E-state index is 13.6. The number of fused-ring (bicyclic) bond motifs is 1. The second-order valence-corrected chi connectivity index (χ2v) is 9.28. The third-order valence-corrected chi connectivity index (χ3v) is 7.37. The number of hydrogen-bond donors (Lipinski definition) is 1. The van der Waals surface area contributed by atoms with E-state index in [2.05, 4.69) is 11.4 Å². The van der Waals surface area contributed by atoms with Crippen molar-refractivity contribution in [3.8, 4) is 11.5 Å². The molecule has 1 aliphatic carbocycles. The molecule has 7 heteroatoms. The molecule has 1 aromatic heterocycles. The highest BCUT2D eigenvalue weighted by molar-refractivity contribution is 7.10. The lowest BCUT2D eigenvalue weighted by molar-refractivity contribution is -0.124. The predicted molar refractivity (Wildman–Crippen MR) is 126 cm³/mol. The Labute approximate surface area is 193 Å². The van der Waals surface area contributed by atoms with E-state index in [0.29, 0.717) is 29.2 Å². The summed E-state index contributed by atoms with van der Waals surface area (Å²) >= 11 is 1.56. The number of ether oxygens (including phenoxy) is 2. The SMILES string of the molecule is COc1cc2c(cc1OC)[C@@H](C(=O)NCCC1=CCCCC1)[C@@H](c1cccs1)N(C)C2=O. The summed E-state index contributed by atoms with van der Waals surface area (Å²) in [6.07, 6.45) is 7.91. The Kier molecular flexibility index (Phi) is 6.84. The maximum atomic E-state index is 13.6. The number of hydrogen-bond acceptors (Lipinski definition) is 5. The molecule has 0 radical (unpaired) electrons. The molecule has 2 amide bonds. The highest BCUT2D eigenvalue weighted by atomic mass is 32.1. The molecule has 32 heavy (non-hydrogen) atoms. The lowest BCUT2D eigenvalue weighted by Gasteiger charge is -2.39. The smallest absolute Gasteiger partial charge is 0.254 e. The highest BCUT2D eigenvalue weighted by Gasteiger charge is 2.44. The van der Waals surface area contributed by atoms with Crippen molar-refractivity contribution in [3.05, 3.63) is 57.3 Å². The van der Waals surface area contributed by atoms with Gasteiger partial charge in [0.25, 0.3) is 5.91 Å². The first-order valence-electron chi connectivity index (χ1n) is 11.1. The maximum Gasteiger partial charge on any atom is 0.254 e. The van der Waals surface area contributed by atoms with Gasteiger partial charge in [-0.05, 0) is 61.2 Å². The molecular weight excluding hydrogens is 424 g/mol. The van der Waals surface area contributed by atoms with Gasteiger partial charge in [0, 0.05) is 24.0 Å². The first-order chi connectivity index (χ1) is 15.5.